The molecule has 0 unspecified atom stereocenters. The van der Waals surface area contributed by atoms with Crippen molar-refractivity contribution in [3.63, 3.8) is 0 Å². The number of nitrogens with one attached hydrogen (secondary N) is 1. The summed E-state index contributed by atoms with van der Waals surface area (Å²) in [5.74, 6) is 0. The van der Waals surface area contributed by atoms with Crippen LogP contribution in [0.1, 0.15) is 39.5 Å². The zero-order valence-electron chi connectivity index (χ0n) is 10.1. The first-order valence-corrected chi connectivity index (χ1v) is 6.06. The second-order valence-corrected chi connectivity index (χ2v) is 5.26. The van der Waals surface area contributed by atoms with Crippen LogP contribution in [0.15, 0.2) is 0 Å². The smallest absolute Gasteiger partial charge is 0.0480 e. The zero-order valence-corrected chi connectivity index (χ0v) is 10.1. The molecule has 0 spiro atoms. The first-order valence-electron chi connectivity index (χ1n) is 6.06. The third-order valence-electron chi connectivity index (χ3n) is 3.10. The summed E-state index contributed by atoms with van der Waals surface area (Å²) in [7, 11) is 0. The van der Waals surface area contributed by atoms with Crippen LogP contribution in [-0.4, -0.2) is 37.5 Å². The van der Waals surface area contributed by atoms with Crippen molar-refractivity contribution in [3.05, 3.63) is 0 Å². The van der Waals surface area contributed by atoms with Crippen molar-refractivity contribution >= 4 is 0 Å². The van der Waals surface area contributed by atoms with Crippen molar-refractivity contribution in [2.24, 2.45) is 5.41 Å². The van der Waals surface area contributed by atoms with Crippen LogP contribution in [0.3, 0.4) is 0 Å². The normalized spacial score (nSPS) is 19.4. The maximum atomic E-state index is 8.81. The van der Waals surface area contributed by atoms with Gasteiger partial charge in [-0.15, -0.1) is 0 Å². The van der Waals surface area contributed by atoms with E-state index in [1.807, 2.05) is 0 Å². The molecule has 0 aromatic carbocycles. The molecular formula is C12H25NO2. The average Bonchev–Trinajstić information content (AvgIpc) is 2.25. The van der Waals surface area contributed by atoms with Crippen LogP contribution in [0.25, 0.3) is 0 Å². The van der Waals surface area contributed by atoms with E-state index >= 15 is 0 Å². The van der Waals surface area contributed by atoms with Gasteiger partial charge in [-0.05, 0) is 31.1 Å². The minimum absolute atomic E-state index is 0.293. The molecule has 0 saturated carbocycles. The largest absolute Gasteiger partial charge is 0.396 e. The first kappa shape index (κ1) is 12.9. The topological polar surface area (TPSA) is 41.5 Å². The molecule has 1 aliphatic rings. The third-order valence-corrected chi connectivity index (χ3v) is 3.10. The number of aliphatic hydroxyl groups excluding tert-OH is 1. The highest BCUT2D eigenvalue weighted by molar-refractivity contribution is 4.76. The molecule has 0 atom stereocenters. The average molecular weight is 215 g/mol. The van der Waals surface area contributed by atoms with E-state index in [4.69, 9.17) is 9.84 Å². The van der Waals surface area contributed by atoms with Crippen LogP contribution in [0.4, 0.5) is 0 Å². The molecule has 0 aromatic heterocycles. The van der Waals surface area contributed by atoms with Crippen LogP contribution in [-0.2, 0) is 4.74 Å². The SMILES string of the molecule is CC(C)(CCCO)CNC1CCOCC1. The second kappa shape index (κ2) is 6.46. The van der Waals surface area contributed by atoms with Gasteiger partial charge in [0.05, 0.1) is 0 Å². The molecule has 1 heterocycles. The van der Waals surface area contributed by atoms with E-state index in [0.717, 1.165) is 45.4 Å². The molecule has 0 radical (unpaired) electrons. The fraction of sp³-hybridized carbons (Fsp3) is 1.00. The lowest BCUT2D eigenvalue weighted by atomic mass is 9.87. The fourth-order valence-electron chi connectivity index (χ4n) is 1.97. The van der Waals surface area contributed by atoms with Gasteiger partial charge in [0.25, 0.3) is 0 Å². The van der Waals surface area contributed by atoms with Gasteiger partial charge in [0.15, 0.2) is 0 Å². The summed E-state index contributed by atoms with van der Waals surface area (Å²) in [6.45, 7) is 7.66. The summed E-state index contributed by atoms with van der Waals surface area (Å²) in [6, 6.07) is 0.632. The molecular weight excluding hydrogens is 190 g/mol. The van der Waals surface area contributed by atoms with Crippen molar-refractivity contribution in [1.29, 1.82) is 0 Å². The minimum atomic E-state index is 0.293. The highest BCUT2D eigenvalue weighted by Gasteiger charge is 2.20. The fourth-order valence-corrected chi connectivity index (χ4v) is 1.97. The van der Waals surface area contributed by atoms with Crippen LogP contribution in [0.2, 0.25) is 0 Å². The minimum Gasteiger partial charge on any atom is -0.396 e. The van der Waals surface area contributed by atoms with Gasteiger partial charge in [-0.1, -0.05) is 13.8 Å². The molecule has 1 aliphatic heterocycles. The van der Waals surface area contributed by atoms with E-state index in [9.17, 15) is 0 Å². The molecule has 90 valence electrons. The lowest BCUT2D eigenvalue weighted by molar-refractivity contribution is 0.0745. The number of hydrogen-bond acceptors (Lipinski definition) is 3. The molecule has 0 aromatic rings. The number of rotatable bonds is 6. The summed E-state index contributed by atoms with van der Waals surface area (Å²) < 4.78 is 5.32. The summed E-state index contributed by atoms with van der Waals surface area (Å²) in [5.41, 5.74) is 0.293. The Morgan fingerprint density at radius 2 is 2.00 bits per heavy atom. The van der Waals surface area contributed by atoms with Crippen LogP contribution in [0.5, 0.6) is 0 Å². The van der Waals surface area contributed by atoms with Gasteiger partial charge in [-0.2, -0.15) is 0 Å². The van der Waals surface area contributed by atoms with E-state index in [-0.39, 0.29) is 0 Å². The van der Waals surface area contributed by atoms with E-state index in [0.29, 0.717) is 18.1 Å². The van der Waals surface area contributed by atoms with Gasteiger partial charge in [0.1, 0.15) is 0 Å². The maximum absolute atomic E-state index is 8.81. The lowest BCUT2D eigenvalue weighted by Gasteiger charge is -2.30. The Hall–Kier alpha value is -0.120. The quantitative estimate of drug-likeness (QED) is 0.706. The lowest BCUT2D eigenvalue weighted by Crippen LogP contribution is -2.40. The number of hydrogen-bond donors (Lipinski definition) is 2. The zero-order chi connectivity index (χ0) is 11.1. The van der Waals surface area contributed by atoms with Crippen LogP contribution in [0, 0.1) is 5.41 Å². The van der Waals surface area contributed by atoms with Gasteiger partial charge in [-0.3, -0.25) is 0 Å². The van der Waals surface area contributed by atoms with Crippen LogP contribution < -0.4 is 5.32 Å². The van der Waals surface area contributed by atoms with Gasteiger partial charge >= 0.3 is 0 Å². The van der Waals surface area contributed by atoms with E-state index in [1.54, 1.807) is 0 Å². The van der Waals surface area contributed by atoms with Crippen molar-refractivity contribution in [1.82, 2.24) is 5.32 Å². The van der Waals surface area contributed by atoms with Crippen LogP contribution >= 0.6 is 0 Å². The summed E-state index contributed by atoms with van der Waals surface area (Å²) >= 11 is 0. The predicted molar refractivity (Wildman–Crippen MR) is 61.9 cm³/mol. The Morgan fingerprint density at radius 3 is 2.60 bits per heavy atom. The molecule has 1 rings (SSSR count). The van der Waals surface area contributed by atoms with Crippen molar-refractivity contribution < 1.29 is 9.84 Å². The summed E-state index contributed by atoms with van der Waals surface area (Å²) in [4.78, 5) is 0. The van der Waals surface area contributed by atoms with Crippen molar-refractivity contribution in [2.45, 2.75) is 45.6 Å². The molecule has 2 N–H and O–H groups in total. The van der Waals surface area contributed by atoms with E-state index in [1.165, 1.54) is 0 Å². The van der Waals surface area contributed by atoms with Gasteiger partial charge in [0.2, 0.25) is 0 Å². The summed E-state index contributed by atoms with van der Waals surface area (Å²) in [5, 5.41) is 12.4. The third kappa shape index (κ3) is 5.50. The summed E-state index contributed by atoms with van der Waals surface area (Å²) in [6.07, 6.45) is 4.26. The second-order valence-electron chi connectivity index (χ2n) is 5.26. The standard InChI is InChI=1S/C12H25NO2/c1-12(2,6-3-7-14)10-13-11-4-8-15-9-5-11/h11,13-14H,3-10H2,1-2H3. The van der Waals surface area contributed by atoms with E-state index < -0.39 is 0 Å². The Kier molecular flexibility index (Phi) is 5.58. The number of ether oxygens (including phenoxy) is 1. The molecule has 3 nitrogen and oxygen atoms in total. The number of aliphatic hydroxyl groups is 1. The molecule has 3 heteroatoms. The highest BCUT2D eigenvalue weighted by atomic mass is 16.5. The van der Waals surface area contributed by atoms with Gasteiger partial charge < -0.3 is 15.2 Å². The molecule has 0 bridgehead atoms. The molecule has 0 aliphatic carbocycles. The van der Waals surface area contributed by atoms with Gasteiger partial charge in [-0.25, -0.2) is 0 Å². The molecule has 1 saturated heterocycles. The molecule has 1 fully saturated rings. The predicted octanol–water partition coefficient (Wildman–Crippen LogP) is 1.55. The molecule has 0 amide bonds. The van der Waals surface area contributed by atoms with Crippen molar-refractivity contribution in [2.75, 3.05) is 26.4 Å². The highest BCUT2D eigenvalue weighted by Crippen LogP contribution is 2.21. The molecule has 15 heavy (non-hydrogen) atoms. The Morgan fingerprint density at radius 1 is 1.33 bits per heavy atom. The Bertz CT molecular complexity index is 165. The Labute approximate surface area is 93.2 Å². The Balaban J connectivity index is 2.15. The van der Waals surface area contributed by atoms with Gasteiger partial charge in [0, 0.05) is 32.4 Å². The van der Waals surface area contributed by atoms with E-state index in [2.05, 4.69) is 19.2 Å². The van der Waals surface area contributed by atoms with Crippen molar-refractivity contribution in [3.8, 4) is 0 Å². The first-order chi connectivity index (χ1) is 7.14. The monoisotopic (exact) mass is 215 g/mol. The maximum Gasteiger partial charge on any atom is 0.0480 e.